The summed E-state index contributed by atoms with van der Waals surface area (Å²) in [6.07, 6.45) is 1.58. The van der Waals surface area contributed by atoms with E-state index in [4.69, 9.17) is 0 Å². The van der Waals surface area contributed by atoms with Crippen molar-refractivity contribution < 1.29 is 8.42 Å². The Bertz CT molecular complexity index is 289. The third kappa shape index (κ3) is 7.01. The zero-order chi connectivity index (χ0) is 13.5. The lowest BCUT2D eigenvalue weighted by Crippen LogP contribution is -2.38. The summed E-state index contributed by atoms with van der Waals surface area (Å²) in [6, 6.07) is 0.0825. The molecule has 0 bridgehead atoms. The molecule has 1 atom stereocenters. The molecular formula is C12H28N2O2S. The lowest BCUT2D eigenvalue weighted by molar-refractivity contribution is 0.337. The maximum absolute atomic E-state index is 12.0. The molecule has 0 radical (unpaired) electrons. The molecule has 0 saturated heterocycles. The Kier molecular flexibility index (Phi) is 8.00. The van der Waals surface area contributed by atoms with E-state index >= 15 is 0 Å². The summed E-state index contributed by atoms with van der Waals surface area (Å²) < 4.78 is 25.6. The van der Waals surface area contributed by atoms with Crippen LogP contribution in [0.5, 0.6) is 0 Å². The van der Waals surface area contributed by atoms with E-state index in [1.165, 1.54) is 4.31 Å². The fraction of sp³-hybridized carbons (Fsp3) is 1.00. The molecule has 0 aliphatic carbocycles. The number of nitrogens with one attached hydrogen (secondary N) is 1. The molecule has 0 aromatic rings. The minimum absolute atomic E-state index is 0.0825. The molecule has 17 heavy (non-hydrogen) atoms. The summed E-state index contributed by atoms with van der Waals surface area (Å²) in [6.45, 7) is 9.87. The van der Waals surface area contributed by atoms with Crippen LogP contribution in [0.1, 0.15) is 40.5 Å². The predicted octanol–water partition coefficient (Wildman–Crippen LogP) is 1.68. The zero-order valence-corrected chi connectivity index (χ0v) is 12.7. The van der Waals surface area contributed by atoms with Crippen LogP contribution >= 0.6 is 0 Å². The SMILES string of the molecule is CCNCCCS(=O)(=O)N(C)C(C)CC(C)C. The van der Waals surface area contributed by atoms with Gasteiger partial charge < -0.3 is 5.32 Å². The van der Waals surface area contributed by atoms with E-state index < -0.39 is 10.0 Å². The third-order valence-electron chi connectivity index (χ3n) is 2.88. The molecule has 0 aliphatic rings. The van der Waals surface area contributed by atoms with Crippen molar-refractivity contribution in [2.24, 2.45) is 5.92 Å². The summed E-state index contributed by atoms with van der Waals surface area (Å²) >= 11 is 0. The van der Waals surface area contributed by atoms with Gasteiger partial charge in [-0.1, -0.05) is 20.8 Å². The van der Waals surface area contributed by atoms with Crippen molar-refractivity contribution in [1.29, 1.82) is 0 Å². The van der Waals surface area contributed by atoms with E-state index in [1.807, 2.05) is 13.8 Å². The van der Waals surface area contributed by atoms with Crippen LogP contribution in [0.3, 0.4) is 0 Å². The van der Waals surface area contributed by atoms with Gasteiger partial charge in [0.05, 0.1) is 5.75 Å². The molecule has 0 spiro atoms. The Morgan fingerprint density at radius 1 is 1.24 bits per heavy atom. The number of sulfonamides is 1. The Labute approximate surface area is 107 Å². The molecule has 0 heterocycles. The van der Waals surface area contributed by atoms with E-state index in [-0.39, 0.29) is 11.8 Å². The maximum atomic E-state index is 12.0. The zero-order valence-electron chi connectivity index (χ0n) is 11.9. The lowest BCUT2D eigenvalue weighted by atomic mass is 10.1. The Balaban J connectivity index is 4.19. The van der Waals surface area contributed by atoms with E-state index in [0.29, 0.717) is 12.3 Å². The molecule has 1 N–H and O–H groups in total. The molecule has 1 unspecified atom stereocenters. The molecule has 0 aromatic heterocycles. The first kappa shape index (κ1) is 16.9. The van der Waals surface area contributed by atoms with Gasteiger partial charge >= 0.3 is 0 Å². The highest BCUT2D eigenvalue weighted by molar-refractivity contribution is 7.89. The average Bonchev–Trinajstić information content (AvgIpc) is 2.22. The van der Waals surface area contributed by atoms with Crippen LogP contribution in [0, 0.1) is 5.92 Å². The molecule has 4 nitrogen and oxygen atoms in total. The molecule has 0 saturated carbocycles. The molecule has 0 aromatic carbocycles. The smallest absolute Gasteiger partial charge is 0.214 e. The van der Waals surface area contributed by atoms with Gasteiger partial charge in [0.2, 0.25) is 10.0 Å². The largest absolute Gasteiger partial charge is 0.317 e. The van der Waals surface area contributed by atoms with Gasteiger partial charge in [0.1, 0.15) is 0 Å². The van der Waals surface area contributed by atoms with Gasteiger partial charge in [-0.3, -0.25) is 0 Å². The summed E-state index contributed by atoms with van der Waals surface area (Å²) in [4.78, 5) is 0. The molecule has 5 heteroatoms. The first-order valence-corrected chi connectivity index (χ1v) is 8.08. The second-order valence-electron chi connectivity index (χ2n) is 5.02. The summed E-state index contributed by atoms with van der Waals surface area (Å²) in [7, 11) is -1.40. The Morgan fingerprint density at radius 2 is 1.82 bits per heavy atom. The van der Waals surface area contributed by atoms with Gasteiger partial charge in [-0.25, -0.2) is 12.7 Å². The summed E-state index contributed by atoms with van der Waals surface area (Å²) in [5.41, 5.74) is 0. The van der Waals surface area contributed by atoms with E-state index in [0.717, 1.165) is 19.5 Å². The van der Waals surface area contributed by atoms with Crippen LogP contribution in [-0.4, -0.2) is 44.7 Å². The van der Waals surface area contributed by atoms with Crippen molar-refractivity contribution in [1.82, 2.24) is 9.62 Å². The molecule has 0 amide bonds. The number of hydrogen-bond donors (Lipinski definition) is 1. The summed E-state index contributed by atoms with van der Waals surface area (Å²) in [5, 5.41) is 3.14. The number of hydrogen-bond acceptors (Lipinski definition) is 3. The molecule has 0 aliphatic heterocycles. The fourth-order valence-corrected chi connectivity index (χ4v) is 3.24. The van der Waals surface area contributed by atoms with Crippen LogP contribution in [0.25, 0.3) is 0 Å². The van der Waals surface area contributed by atoms with Crippen molar-refractivity contribution in [3.8, 4) is 0 Å². The average molecular weight is 264 g/mol. The highest BCUT2D eigenvalue weighted by Crippen LogP contribution is 2.13. The van der Waals surface area contributed by atoms with Crippen LogP contribution in [0.4, 0.5) is 0 Å². The van der Waals surface area contributed by atoms with Crippen molar-refractivity contribution in [3.05, 3.63) is 0 Å². The van der Waals surface area contributed by atoms with Crippen molar-refractivity contribution in [2.75, 3.05) is 25.9 Å². The second-order valence-corrected chi connectivity index (χ2v) is 7.17. The quantitative estimate of drug-likeness (QED) is 0.645. The van der Waals surface area contributed by atoms with Gasteiger partial charge in [0.15, 0.2) is 0 Å². The Hall–Kier alpha value is -0.130. The van der Waals surface area contributed by atoms with E-state index in [1.54, 1.807) is 7.05 Å². The van der Waals surface area contributed by atoms with Crippen molar-refractivity contribution in [2.45, 2.75) is 46.6 Å². The number of nitrogens with zero attached hydrogens (tertiary/aromatic N) is 1. The molecule has 0 rings (SSSR count). The van der Waals surface area contributed by atoms with Gasteiger partial charge in [0.25, 0.3) is 0 Å². The van der Waals surface area contributed by atoms with Gasteiger partial charge in [-0.2, -0.15) is 0 Å². The van der Waals surface area contributed by atoms with Gasteiger partial charge in [-0.15, -0.1) is 0 Å². The van der Waals surface area contributed by atoms with Crippen LogP contribution in [0.15, 0.2) is 0 Å². The molecule has 0 fully saturated rings. The van der Waals surface area contributed by atoms with Crippen LogP contribution in [-0.2, 0) is 10.0 Å². The lowest BCUT2D eigenvalue weighted by Gasteiger charge is -2.25. The van der Waals surface area contributed by atoms with Gasteiger partial charge in [-0.05, 0) is 38.8 Å². The van der Waals surface area contributed by atoms with E-state index in [9.17, 15) is 8.42 Å². The normalized spacial score (nSPS) is 14.5. The third-order valence-corrected chi connectivity index (χ3v) is 4.92. The molecule has 104 valence electrons. The van der Waals surface area contributed by atoms with Crippen LogP contribution in [0.2, 0.25) is 0 Å². The summed E-state index contributed by atoms with van der Waals surface area (Å²) in [5.74, 6) is 0.753. The van der Waals surface area contributed by atoms with Crippen molar-refractivity contribution >= 4 is 10.0 Å². The highest BCUT2D eigenvalue weighted by Gasteiger charge is 2.22. The Morgan fingerprint density at radius 3 is 2.29 bits per heavy atom. The van der Waals surface area contributed by atoms with Crippen molar-refractivity contribution in [3.63, 3.8) is 0 Å². The first-order chi connectivity index (χ1) is 7.81. The maximum Gasteiger partial charge on any atom is 0.214 e. The van der Waals surface area contributed by atoms with Gasteiger partial charge in [0, 0.05) is 13.1 Å². The predicted molar refractivity (Wildman–Crippen MR) is 73.6 cm³/mol. The first-order valence-electron chi connectivity index (χ1n) is 6.47. The number of rotatable bonds is 9. The fourth-order valence-electron chi connectivity index (χ4n) is 1.81. The highest BCUT2D eigenvalue weighted by atomic mass is 32.2. The van der Waals surface area contributed by atoms with E-state index in [2.05, 4.69) is 19.2 Å². The standard InChI is InChI=1S/C12H28N2O2S/c1-6-13-8-7-9-17(15,16)14(5)12(4)10-11(2)3/h11-13H,6-10H2,1-5H3. The molecular weight excluding hydrogens is 236 g/mol. The topological polar surface area (TPSA) is 49.4 Å². The second kappa shape index (κ2) is 8.06. The minimum atomic E-state index is -3.09. The minimum Gasteiger partial charge on any atom is -0.317 e. The van der Waals surface area contributed by atoms with Crippen LogP contribution < -0.4 is 5.32 Å². The monoisotopic (exact) mass is 264 g/mol.